The quantitative estimate of drug-likeness (QED) is 0.0769. The summed E-state index contributed by atoms with van der Waals surface area (Å²) in [6.07, 6.45) is 19.2. The molecular weight excluding hydrogens is 774 g/mol. The van der Waals surface area contributed by atoms with Gasteiger partial charge in [-0.3, -0.25) is 19.9 Å². The Labute approximate surface area is 331 Å². The number of fused-ring (bicyclic) bond motifs is 1. The zero-order valence-corrected chi connectivity index (χ0v) is 31.1. The number of thiophene rings is 2. The van der Waals surface area contributed by atoms with E-state index in [-0.39, 0.29) is 17.1 Å². The van der Waals surface area contributed by atoms with Gasteiger partial charge in [-0.15, -0.1) is 22.7 Å². The largest absolute Gasteiger partial charge is 0.834 e. The standard InChI is InChI=1S/C39H26B2F4N8O2S2/c1-40(42,43)54-39-33-5-4-32(35-7-9-37(57-35)52(28-14-22-48-23-15-28)29-16-24-49-25-17-29)53(33)41(44,45)55-38(39)31-3-2-30(50-31)34-6-8-36(56-34)51(26-10-18-46-19-11-26)27-12-20-47-21-13-27/h2-25H,1H2/b38-31+. The van der Waals surface area contributed by atoms with Gasteiger partial charge in [0.05, 0.1) is 15.5 Å². The highest BCUT2D eigenvalue weighted by atomic mass is 32.1. The lowest BCUT2D eigenvalue weighted by molar-refractivity contribution is -0.388. The minimum atomic E-state index is -4.88. The summed E-state index contributed by atoms with van der Waals surface area (Å²) in [5, 5.41) is 1.52. The molecule has 0 spiro atoms. The third-order valence-corrected chi connectivity index (χ3v) is 11.1. The van der Waals surface area contributed by atoms with Crippen LogP contribution in [-0.4, -0.2) is 49.8 Å². The molecule has 0 atom stereocenters. The molecule has 0 amide bonds. The van der Waals surface area contributed by atoms with Gasteiger partial charge in [-0.2, -0.15) is 0 Å². The van der Waals surface area contributed by atoms with E-state index in [0.717, 1.165) is 27.8 Å². The molecule has 0 saturated heterocycles. The van der Waals surface area contributed by atoms with Gasteiger partial charge in [0.25, 0.3) is 0 Å². The van der Waals surface area contributed by atoms with Crippen molar-refractivity contribution >= 4 is 80.8 Å². The van der Waals surface area contributed by atoms with Crippen LogP contribution in [0.3, 0.4) is 0 Å². The van der Waals surface area contributed by atoms with E-state index in [9.17, 15) is 8.63 Å². The van der Waals surface area contributed by atoms with Crippen molar-refractivity contribution in [2.24, 2.45) is 4.99 Å². The maximum atomic E-state index is 16.4. The minimum absolute atomic E-state index is 0.0471. The summed E-state index contributed by atoms with van der Waals surface area (Å²) < 4.78 is 73.2. The van der Waals surface area contributed by atoms with Crippen LogP contribution < -0.4 is 9.80 Å². The predicted molar refractivity (Wildman–Crippen MR) is 216 cm³/mol. The Morgan fingerprint density at radius 3 is 1.60 bits per heavy atom. The summed E-state index contributed by atoms with van der Waals surface area (Å²) in [6.45, 7) is -1.87. The molecule has 9 heterocycles. The highest BCUT2D eigenvalue weighted by Crippen LogP contribution is 2.44. The van der Waals surface area contributed by atoms with Gasteiger partial charge in [0, 0.05) is 84.5 Å². The van der Waals surface area contributed by atoms with Gasteiger partial charge in [0.15, 0.2) is 11.5 Å². The van der Waals surface area contributed by atoms with E-state index in [1.54, 1.807) is 67.8 Å². The van der Waals surface area contributed by atoms with E-state index in [1.807, 2.05) is 70.5 Å². The van der Waals surface area contributed by atoms with Crippen LogP contribution in [0.4, 0.5) is 50.0 Å². The van der Waals surface area contributed by atoms with Crippen LogP contribution in [0, 0.1) is 6.82 Å². The molecule has 10 nitrogen and oxygen atoms in total. The van der Waals surface area contributed by atoms with E-state index in [4.69, 9.17) is 9.31 Å². The maximum absolute atomic E-state index is 16.4. The molecule has 0 N–H and O–H groups in total. The number of rotatable bonds is 10. The average Bonchev–Trinajstić information content (AvgIpc) is 4.05. The summed E-state index contributed by atoms with van der Waals surface area (Å²) in [7, 11) is -4.88. The molecule has 0 radical (unpaired) electrons. The number of hydrogen-bond acceptors (Lipinski definition) is 11. The molecule has 0 aromatic carbocycles. The van der Waals surface area contributed by atoms with Crippen molar-refractivity contribution < 1.29 is 31.1 Å². The van der Waals surface area contributed by atoms with Gasteiger partial charge in [0.2, 0.25) is 5.70 Å². The molecule has 6 aromatic heterocycles. The second kappa shape index (κ2) is 14.4. The highest BCUT2D eigenvalue weighted by Gasteiger charge is 2.57. The smallest absolute Gasteiger partial charge is 0.614 e. The van der Waals surface area contributed by atoms with Gasteiger partial charge in [-0.05, 0) is 91.8 Å². The van der Waals surface area contributed by atoms with E-state index < -0.39 is 25.5 Å². The lowest BCUT2D eigenvalue weighted by Gasteiger charge is -2.34. The van der Waals surface area contributed by atoms with Gasteiger partial charge in [-0.25, -0.2) is 4.99 Å². The molecule has 18 heteroatoms. The highest BCUT2D eigenvalue weighted by molar-refractivity contribution is 7.18. The fourth-order valence-corrected chi connectivity index (χ4v) is 8.65. The molecule has 0 saturated carbocycles. The fourth-order valence-electron chi connectivity index (χ4n) is 6.56. The van der Waals surface area contributed by atoms with Crippen LogP contribution in [0.1, 0.15) is 9.75 Å². The second-order valence-corrected chi connectivity index (χ2v) is 14.8. The number of pyridine rings is 4. The van der Waals surface area contributed by atoms with Crippen molar-refractivity contribution in [3.63, 3.8) is 0 Å². The summed E-state index contributed by atoms with van der Waals surface area (Å²) in [5.74, 6) is -1.21. The summed E-state index contributed by atoms with van der Waals surface area (Å²) in [4.78, 5) is 26.2. The number of hydrogen-bond donors (Lipinski definition) is 0. The summed E-state index contributed by atoms with van der Waals surface area (Å²) in [6, 6.07) is 22.0. The van der Waals surface area contributed by atoms with Crippen molar-refractivity contribution in [2.75, 3.05) is 9.80 Å². The Balaban J connectivity index is 1.10. The van der Waals surface area contributed by atoms with Gasteiger partial charge in [-0.1, -0.05) is 0 Å². The Morgan fingerprint density at radius 2 is 1.11 bits per heavy atom. The summed E-state index contributed by atoms with van der Waals surface area (Å²) in [5.41, 5.74) is 3.33. The third-order valence-electron chi connectivity index (χ3n) is 8.89. The Kier molecular flexibility index (Phi) is 9.05. The number of aliphatic imine (C=N–C) groups is 1. The third kappa shape index (κ3) is 7.00. The Hall–Kier alpha value is -6.78. The molecule has 0 unspecified atom stereocenters. The number of anilines is 6. The van der Waals surface area contributed by atoms with Crippen molar-refractivity contribution in [2.45, 2.75) is 0 Å². The van der Waals surface area contributed by atoms with Crippen molar-refractivity contribution in [3.8, 4) is 0 Å². The van der Waals surface area contributed by atoms with E-state index in [0.29, 0.717) is 25.0 Å². The topological polar surface area (TPSA) is 91.9 Å². The number of aromatic nitrogens is 4. The van der Waals surface area contributed by atoms with E-state index >= 15 is 8.63 Å². The van der Waals surface area contributed by atoms with Gasteiger partial charge >= 0.3 is 13.9 Å². The van der Waals surface area contributed by atoms with Crippen molar-refractivity contribution in [3.05, 3.63) is 186 Å². The molecule has 3 aliphatic rings. The molecule has 280 valence electrons. The first-order valence-corrected chi connectivity index (χ1v) is 19.0. The van der Waals surface area contributed by atoms with Crippen LogP contribution >= 0.6 is 22.7 Å². The van der Waals surface area contributed by atoms with Crippen LogP contribution in [0.15, 0.2) is 175 Å². The van der Waals surface area contributed by atoms with E-state index in [1.165, 1.54) is 40.9 Å². The number of nitrogens with zero attached hydrogens (tertiary/aromatic N) is 8. The van der Waals surface area contributed by atoms with Gasteiger partial charge < -0.3 is 40.9 Å². The SMILES string of the molecule is [CH2+][B-](F)(F)OC1=C2C=CC(c3ccc(N(c4ccncc4)c4ccncc4)s3)=[N+]2[B-](F)(F)O/C1=C1\C=CC(c2ccc(N(c3ccncc3)c3ccncc3)s2)=N1. The van der Waals surface area contributed by atoms with Crippen LogP contribution in [0.2, 0.25) is 0 Å². The first-order chi connectivity index (χ1) is 27.6. The molecule has 57 heavy (non-hydrogen) atoms. The van der Waals surface area contributed by atoms with Gasteiger partial charge in [0.1, 0.15) is 21.5 Å². The number of halogens is 4. The normalized spacial score (nSPS) is 17.1. The minimum Gasteiger partial charge on any atom is -0.614 e. The van der Waals surface area contributed by atoms with E-state index in [2.05, 4.69) is 31.8 Å². The maximum Gasteiger partial charge on any atom is 0.834 e. The molecule has 6 aromatic rings. The second-order valence-electron chi connectivity index (χ2n) is 12.6. The predicted octanol–water partition coefficient (Wildman–Crippen LogP) is 9.86. The van der Waals surface area contributed by atoms with Crippen LogP contribution in [0.25, 0.3) is 0 Å². The molecule has 0 aliphatic carbocycles. The molecule has 0 fully saturated rings. The van der Waals surface area contributed by atoms with Crippen molar-refractivity contribution in [1.29, 1.82) is 0 Å². The monoisotopic (exact) mass is 800 g/mol. The molecule has 0 bridgehead atoms. The fraction of sp³-hybridized carbons (Fsp3) is 0. The van der Waals surface area contributed by atoms with Crippen molar-refractivity contribution in [1.82, 2.24) is 19.9 Å². The zero-order chi connectivity index (χ0) is 39.1. The van der Waals surface area contributed by atoms with Crippen LogP contribution in [0.5, 0.6) is 0 Å². The average molecular weight is 800 g/mol. The first-order valence-electron chi connectivity index (χ1n) is 17.4. The Morgan fingerprint density at radius 1 is 0.632 bits per heavy atom. The number of allylic oxidation sites excluding steroid dienone is 4. The zero-order valence-electron chi connectivity index (χ0n) is 29.4. The Bertz CT molecular complexity index is 2590. The lowest BCUT2D eigenvalue weighted by atomic mass is 9.91. The van der Waals surface area contributed by atoms with Crippen LogP contribution in [-0.2, 0) is 9.31 Å². The molecule has 3 aliphatic heterocycles. The molecule has 9 rings (SSSR count). The first kappa shape index (κ1) is 35.9. The molecular formula is C39H26B2F4N8O2S2. The summed E-state index contributed by atoms with van der Waals surface area (Å²) >= 11 is 2.62. The lowest BCUT2D eigenvalue weighted by Crippen LogP contribution is -2.48.